The molecule has 1 unspecified atom stereocenters. The minimum absolute atomic E-state index is 0.0322. The molecule has 4 aromatic rings. The molecular formula is C24H28N4O3S. The molecule has 0 aliphatic rings. The van der Waals surface area contributed by atoms with Crippen molar-refractivity contribution in [2.75, 3.05) is 20.1 Å². The summed E-state index contributed by atoms with van der Waals surface area (Å²) in [6, 6.07) is 9.76. The third-order valence-corrected chi connectivity index (χ3v) is 6.44. The fourth-order valence-electron chi connectivity index (χ4n) is 3.65. The number of aromatic nitrogens is 2. The first-order valence-electron chi connectivity index (χ1n) is 10.8. The molecule has 4 rings (SSSR count). The van der Waals surface area contributed by atoms with Crippen LogP contribution in [0.4, 0.5) is 0 Å². The second-order valence-electron chi connectivity index (χ2n) is 8.06. The van der Waals surface area contributed by atoms with E-state index in [9.17, 15) is 4.79 Å². The van der Waals surface area contributed by atoms with Gasteiger partial charge in [-0.15, -0.1) is 0 Å². The number of carbonyl (C=O) groups is 1. The van der Waals surface area contributed by atoms with E-state index in [1.807, 2.05) is 36.6 Å². The fourth-order valence-corrected chi connectivity index (χ4v) is 4.45. The highest BCUT2D eigenvalue weighted by atomic mass is 32.1. The molecule has 3 heterocycles. The average molecular weight is 453 g/mol. The normalized spacial score (nSPS) is 12.5. The molecule has 0 radical (unpaired) electrons. The lowest BCUT2D eigenvalue weighted by Gasteiger charge is -2.20. The number of benzene rings is 1. The Morgan fingerprint density at radius 1 is 1.34 bits per heavy atom. The standard InChI is InChI=1S/C24H28N4O3S/c1-4-17(13-26-16(2)29)9-11-28(3)14-18-15-30-21-12-19(7-8-20(18)21)31-24-27-23-22(32-24)6-5-10-25-23/h5-8,10,12,15,17H,4,9,11,13-14H2,1-3H3,(H,26,29). The second-order valence-corrected chi connectivity index (χ2v) is 9.06. The number of rotatable bonds is 10. The quantitative estimate of drug-likeness (QED) is 0.356. The summed E-state index contributed by atoms with van der Waals surface area (Å²) in [5.74, 6) is 1.21. The molecule has 1 N–H and O–H groups in total. The Morgan fingerprint density at radius 3 is 3.00 bits per heavy atom. The van der Waals surface area contributed by atoms with E-state index < -0.39 is 0 Å². The topological polar surface area (TPSA) is 80.5 Å². The molecule has 0 bridgehead atoms. The van der Waals surface area contributed by atoms with Crippen molar-refractivity contribution < 1.29 is 13.9 Å². The summed E-state index contributed by atoms with van der Waals surface area (Å²) in [6.07, 6.45) is 5.64. The summed E-state index contributed by atoms with van der Waals surface area (Å²) in [6.45, 7) is 6.23. The first-order valence-corrected chi connectivity index (χ1v) is 11.7. The predicted octanol–water partition coefficient (Wildman–Crippen LogP) is 5.21. The van der Waals surface area contributed by atoms with Gasteiger partial charge in [-0.25, -0.2) is 4.98 Å². The van der Waals surface area contributed by atoms with Gasteiger partial charge in [-0.3, -0.25) is 4.79 Å². The lowest BCUT2D eigenvalue weighted by atomic mass is 10.0. The maximum Gasteiger partial charge on any atom is 0.281 e. The number of hydrogen-bond donors (Lipinski definition) is 1. The number of ether oxygens (including phenoxy) is 1. The van der Waals surface area contributed by atoms with Gasteiger partial charge in [0, 0.05) is 43.2 Å². The molecule has 8 heteroatoms. The summed E-state index contributed by atoms with van der Waals surface area (Å²) in [7, 11) is 2.11. The molecule has 7 nitrogen and oxygen atoms in total. The van der Waals surface area contributed by atoms with Crippen molar-refractivity contribution >= 4 is 38.6 Å². The van der Waals surface area contributed by atoms with Gasteiger partial charge in [-0.2, -0.15) is 4.98 Å². The molecule has 32 heavy (non-hydrogen) atoms. The van der Waals surface area contributed by atoms with Crippen molar-refractivity contribution in [3.8, 4) is 10.9 Å². The Hall–Kier alpha value is -2.97. The Bertz CT molecular complexity index is 1170. The van der Waals surface area contributed by atoms with Gasteiger partial charge in [-0.1, -0.05) is 24.7 Å². The van der Waals surface area contributed by atoms with Crippen molar-refractivity contribution in [2.24, 2.45) is 5.92 Å². The van der Waals surface area contributed by atoms with Crippen LogP contribution in [-0.4, -0.2) is 40.9 Å². The van der Waals surface area contributed by atoms with Gasteiger partial charge in [0.25, 0.3) is 5.19 Å². The van der Waals surface area contributed by atoms with E-state index in [1.165, 1.54) is 11.3 Å². The lowest BCUT2D eigenvalue weighted by Crippen LogP contribution is -2.29. The van der Waals surface area contributed by atoms with Gasteiger partial charge in [0.05, 0.1) is 11.0 Å². The summed E-state index contributed by atoms with van der Waals surface area (Å²) in [4.78, 5) is 22.1. The molecule has 0 aliphatic carbocycles. The third-order valence-electron chi connectivity index (χ3n) is 5.55. The van der Waals surface area contributed by atoms with Crippen LogP contribution in [0.25, 0.3) is 21.3 Å². The van der Waals surface area contributed by atoms with Crippen molar-refractivity contribution in [3.05, 3.63) is 48.4 Å². The van der Waals surface area contributed by atoms with Gasteiger partial charge in [0.15, 0.2) is 5.65 Å². The Balaban J connectivity index is 1.37. The molecular weight excluding hydrogens is 424 g/mol. The number of thiazole rings is 1. The number of nitrogens with one attached hydrogen (secondary N) is 1. The average Bonchev–Trinajstić information content (AvgIpc) is 3.36. The molecule has 0 saturated heterocycles. The van der Waals surface area contributed by atoms with E-state index >= 15 is 0 Å². The van der Waals surface area contributed by atoms with Crippen LogP contribution in [0.1, 0.15) is 32.3 Å². The Morgan fingerprint density at radius 2 is 2.22 bits per heavy atom. The smallest absolute Gasteiger partial charge is 0.281 e. The van der Waals surface area contributed by atoms with Crippen molar-refractivity contribution in [1.82, 2.24) is 20.2 Å². The number of hydrogen-bond acceptors (Lipinski definition) is 7. The molecule has 0 fully saturated rings. The number of nitrogens with zero attached hydrogens (tertiary/aromatic N) is 3. The zero-order valence-electron chi connectivity index (χ0n) is 18.6. The highest BCUT2D eigenvalue weighted by Gasteiger charge is 2.13. The first kappa shape index (κ1) is 22.2. The molecule has 1 atom stereocenters. The molecule has 168 valence electrons. The van der Waals surface area contributed by atoms with Gasteiger partial charge in [0.2, 0.25) is 5.91 Å². The number of pyridine rings is 1. The fraction of sp³-hybridized carbons (Fsp3) is 0.375. The Labute approximate surface area is 191 Å². The van der Waals surface area contributed by atoms with Crippen LogP contribution in [0.5, 0.6) is 10.9 Å². The number of furan rings is 1. The second kappa shape index (κ2) is 10.1. The Kier molecular flexibility index (Phi) is 7.02. The van der Waals surface area contributed by atoms with Gasteiger partial charge in [-0.05, 0) is 50.2 Å². The van der Waals surface area contributed by atoms with Gasteiger partial charge >= 0.3 is 0 Å². The maximum absolute atomic E-state index is 11.2. The van der Waals surface area contributed by atoms with E-state index in [0.717, 1.165) is 53.7 Å². The summed E-state index contributed by atoms with van der Waals surface area (Å²) < 4.78 is 12.8. The summed E-state index contributed by atoms with van der Waals surface area (Å²) in [5.41, 5.74) is 2.63. The van der Waals surface area contributed by atoms with E-state index in [0.29, 0.717) is 22.5 Å². The van der Waals surface area contributed by atoms with Crippen molar-refractivity contribution in [2.45, 2.75) is 33.2 Å². The summed E-state index contributed by atoms with van der Waals surface area (Å²) in [5, 5.41) is 4.58. The zero-order valence-corrected chi connectivity index (χ0v) is 19.4. The predicted molar refractivity (Wildman–Crippen MR) is 127 cm³/mol. The van der Waals surface area contributed by atoms with E-state index in [2.05, 4.69) is 34.2 Å². The van der Waals surface area contributed by atoms with Crippen molar-refractivity contribution in [3.63, 3.8) is 0 Å². The SMILES string of the molecule is CCC(CCN(C)Cc1coc2cc(Oc3nc4ncccc4s3)ccc12)CNC(C)=O. The molecule has 0 spiro atoms. The monoisotopic (exact) mass is 452 g/mol. The van der Waals surface area contributed by atoms with Crippen LogP contribution < -0.4 is 10.1 Å². The molecule has 0 aliphatic heterocycles. The maximum atomic E-state index is 11.2. The van der Waals surface area contributed by atoms with Crippen molar-refractivity contribution in [1.29, 1.82) is 0 Å². The van der Waals surface area contributed by atoms with Crippen LogP contribution in [0.3, 0.4) is 0 Å². The van der Waals surface area contributed by atoms with Crippen LogP contribution >= 0.6 is 11.3 Å². The third kappa shape index (κ3) is 5.44. The minimum atomic E-state index is 0.0322. The van der Waals surface area contributed by atoms with E-state index in [-0.39, 0.29) is 5.91 Å². The highest BCUT2D eigenvalue weighted by Crippen LogP contribution is 2.33. The van der Waals surface area contributed by atoms with Crippen LogP contribution in [0, 0.1) is 5.92 Å². The zero-order chi connectivity index (χ0) is 22.5. The molecule has 0 saturated carbocycles. The highest BCUT2D eigenvalue weighted by molar-refractivity contribution is 7.20. The van der Waals surface area contributed by atoms with Crippen LogP contribution in [0.15, 0.2) is 47.2 Å². The number of fused-ring (bicyclic) bond motifs is 2. The first-order chi connectivity index (χ1) is 15.5. The van der Waals surface area contributed by atoms with Gasteiger partial charge < -0.3 is 19.4 Å². The molecule has 3 aromatic heterocycles. The molecule has 1 aromatic carbocycles. The van der Waals surface area contributed by atoms with Crippen LogP contribution in [-0.2, 0) is 11.3 Å². The van der Waals surface area contributed by atoms with E-state index in [1.54, 1.807) is 13.1 Å². The van der Waals surface area contributed by atoms with Crippen LogP contribution in [0.2, 0.25) is 0 Å². The summed E-state index contributed by atoms with van der Waals surface area (Å²) >= 11 is 1.47. The lowest BCUT2D eigenvalue weighted by molar-refractivity contribution is -0.119. The molecule has 1 amide bonds. The number of amides is 1. The van der Waals surface area contributed by atoms with E-state index in [4.69, 9.17) is 9.15 Å². The van der Waals surface area contributed by atoms with Gasteiger partial charge in [0.1, 0.15) is 11.3 Å². The number of carbonyl (C=O) groups excluding carboxylic acids is 1. The largest absolute Gasteiger partial charge is 0.464 e. The minimum Gasteiger partial charge on any atom is -0.464 e.